The van der Waals surface area contributed by atoms with E-state index in [4.69, 9.17) is 5.26 Å². The van der Waals surface area contributed by atoms with Crippen molar-refractivity contribution in [3.8, 4) is 6.07 Å². The van der Waals surface area contributed by atoms with Crippen LogP contribution in [0.25, 0.3) is 10.9 Å². The van der Waals surface area contributed by atoms with E-state index < -0.39 is 5.97 Å². The van der Waals surface area contributed by atoms with Gasteiger partial charge in [0.2, 0.25) is 0 Å². The predicted molar refractivity (Wildman–Crippen MR) is 92.8 cm³/mol. The Bertz CT molecular complexity index is 891. The van der Waals surface area contributed by atoms with Gasteiger partial charge in [0, 0.05) is 17.1 Å². The molecular weight excluding hydrogens is 300 g/mol. The molecule has 0 radical (unpaired) electrons. The molecule has 0 fully saturated rings. The minimum atomic E-state index is -0.794. The second-order valence-corrected chi connectivity index (χ2v) is 5.94. The van der Waals surface area contributed by atoms with E-state index in [9.17, 15) is 9.90 Å². The van der Waals surface area contributed by atoms with Gasteiger partial charge in [0.15, 0.2) is 0 Å². The Labute approximate surface area is 140 Å². The van der Waals surface area contributed by atoms with E-state index in [1.807, 2.05) is 36.4 Å². The fourth-order valence-electron chi connectivity index (χ4n) is 3.07. The molecular formula is C20H18N2O2. The summed E-state index contributed by atoms with van der Waals surface area (Å²) in [7, 11) is 0. The number of carboxylic acid groups (broad SMARTS) is 1. The second-order valence-electron chi connectivity index (χ2n) is 5.94. The summed E-state index contributed by atoms with van der Waals surface area (Å²) in [4.78, 5) is 14.3. The highest BCUT2D eigenvalue weighted by molar-refractivity contribution is 5.86. The minimum absolute atomic E-state index is 0.0547. The third-order valence-corrected chi connectivity index (χ3v) is 4.34. The summed E-state index contributed by atoms with van der Waals surface area (Å²) in [6, 6.07) is 18.0. The molecule has 0 spiro atoms. The largest absolute Gasteiger partial charge is 0.481 e. The van der Waals surface area contributed by atoms with Crippen LogP contribution in [0.4, 0.5) is 0 Å². The van der Waals surface area contributed by atoms with Gasteiger partial charge in [-0.2, -0.15) is 5.26 Å². The molecule has 4 nitrogen and oxygen atoms in total. The molecule has 0 saturated heterocycles. The molecule has 120 valence electrons. The maximum absolute atomic E-state index is 11.3. The summed E-state index contributed by atoms with van der Waals surface area (Å²) < 4.78 is 0. The van der Waals surface area contributed by atoms with E-state index in [0.717, 1.165) is 29.3 Å². The van der Waals surface area contributed by atoms with Crippen LogP contribution in [0.1, 0.15) is 35.4 Å². The lowest BCUT2D eigenvalue weighted by Gasteiger charge is -2.16. The van der Waals surface area contributed by atoms with Crippen molar-refractivity contribution in [2.45, 2.75) is 25.2 Å². The molecule has 0 amide bonds. The van der Waals surface area contributed by atoms with Gasteiger partial charge in [-0.25, -0.2) is 0 Å². The summed E-state index contributed by atoms with van der Waals surface area (Å²) >= 11 is 0. The summed E-state index contributed by atoms with van der Waals surface area (Å²) in [6.07, 6.45) is 3.40. The van der Waals surface area contributed by atoms with Crippen molar-refractivity contribution in [2.75, 3.05) is 0 Å². The van der Waals surface area contributed by atoms with Gasteiger partial charge in [-0.1, -0.05) is 42.5 Å². The zero-order chi connectivity index (χ0) is 16.9. The number of H-pyrrole nitrogens is 1. The quantitative estimate of drug-likeness (QED) is 0.714. The van der Waals surface area contributed by atoms with Crippen LogP contribution in [-0.4, -0.2) is 16.1 Å². The fraction of sp³-hybridized carbons (Fsp3) is 0.200. The van der Waals surface area contributed by atoms with Crippen LogP contribution in [-0.2, 0) is 11.2 Å². The first kappa shape index (κ1) is 15.8. The fourth-order valence-corrected chi connectivity index (χ4v) is 3.07. The topological polar surface area (TPSA) is 76.9 Å². The molecule has 0 aliphatic rings. The van der Waals surface area contributed by atoms with Crippen molar-refractivity contribution in [3.63, 3.8) is 0 Å². The molecule has 3 rings (SSSR count). The number of rotatable bonds is 6. The van der Waals surface area contributed by atoms with E-state index in [0.29, 0.717) is 5.56 Å². The van der Waals surface area contributed by atoms with Crippen molar-refractivity contribution in [2.24, 2.45) is 0 Å². The Morgan fingerprint density at radius 3 is 2.71 bits per heavy atom. The highest BCUT2D eigenvalue weighted by Gasteiger charge is 2.17. The average molecular weight is 318 g/mol. The number of carbonyl (C=O) groups is 1. The van der Waals surface area contributed by atoms with Gasteiger partial charge in [-0.15, -0.1) is 0 Å². The maximum atomic E-state index is 11.3. The molecule has 2 aromatic carbocycles. The monoisotopic (exact) mass is 318 g/mol. The second kappa shape index (κ2) is 7.01. The molecule has 2 N–H and O–H groups in total. The average Bonchev–Trinajstić information content (AvgIpc) is 3.01. The van der Waals surface area contributed by atoms with E-state index in [2.05, 4.69) is 23.2 Å². The lowest BCUT2D eigenvalue weighted by atomic mass is 9.89. The third-order valence-electron chi connectivity index (χ3n) is 4.34. The zero-order valence-corrected chi connectivity index (χ0v) is 13.2. The lowest BCUT2D eigenvalue weighted by Crippen LogP contribution is -2.08. The van der Waals surface area contributed by atoms with Crippen LogP contribution >= 0.6 is 0 Å². The van der Waals surface area contributed by atoms with Crippen LogP contribution in [0.3, 0.4) is 0 Å². The van der Waals surface area contributed by atoms with Crippen LogP contribution in [0.15, 0.2) is 54.7 Å². The van der Waals surface area contributed by atoms with Crippen LogP contribution in [0, 0.1) is 11.3 Å². The van der Waals surface area contributed by atoms with Crippen molar-refractivity contribution >= 4 is 16.9 Å². The smallest absolute Gasteiger partial charge is 0.303 e. The number of nitriles is 1. The van der Waals surface area contributed by atoms with Gasteiger partial charge in [0.05, 0.1) is 12.0 Å². The molecule has 1 unspecified atom stereocenters. The number of hydrogen-bond acceptors (Lipinski definition) is 2. The van der Waals surface area contributed by atoms with Crippen LogP contribution in [0.2, 0.25) is 0 Å². The number of benzene rings is 2. The molecule has 0 saturated carbocycles. The first-order valence-electron chi connectivity index (χ1n) is 7.94. The normalized spacial score (nSPS) is 12.0. The van der Waals surface area contributed by atoms with Crippen molar-refractivity contribution in [1.82, 2.24) is 4.98 Å². The molecule has 1 atom stereocenters. The first-order valence-corrected chi connectivity index (χ1v) is 7.94. The molecule has 3 aromatic rings. The Kier molecular flexibility index (Phi) is 4.62. The predicted octanol–water partition coefficient (Wildman–Crippen LogP) is 4.23. The Hall–Kier alpha value is -3.06. The lowest BCUT2D eigenvalue weighted by molar-refractivity contribution is -0.137. The van der Waals surface area contributed by atoms with Crippen molar-refractivity contribution in [1.29, 1.82) is 5.26 Å². The number of fused-ring (bicyclic) bond motifs is 1. The van der Waals surface area contributed by atoms with E-state index >= 15 is 0 Å². The van der Waals surface area contributed by atoms with Gasteiger partial charge in [-0.3, -0.25) is 4.79 Å². The number of aryl methyl sites for hydroxylation is 1. The summed E-state index contributed by atoms with van der Waals surface area (Å²) in [6.45, 7) is 0. The molecule has 1 aromatic heterocycles. The summed E-state index contributed by atoms with van der Waals surface area (Å²) in [5, 5.41) is 19.2. The first-order chi connectivity index (χ1) is 11.7. The third kappa shape index (κ3) is 3.47. The number of nitrogens with zero attached hydrogens (tertiary/aromatic N) is 1. The molecule has 24 heavy (non-hydrogen) atoms. The Balaban J connectivity index is 1.85. The minimum Gasteiger partial charge on any atom is -0.481 e. The molecule has 4 heteroatoms. The molecule has 0 aliphatic heterocycles. The SMILES string of the molecule is N#Cc1c[nH]c2cc(C(CCc3ccccc3)CC(=O)O)ccc12. The summed E-state index contributed by atoms with van der Waals surface area (Å²) in [5.41, 5.74) is 3.68. The summed E-state index contributed by atoms with van der Waals surface area (Å²) in [5.74, 6) is -0.849. The maximum Gasteiger partial charge on any atom is 0.303 e. The molecule has 0 bridgehead atoms. The van der Waals surface area contributed by atoms with Gasteiger partial charge >= 0.3 is 5.97 Å². The van der Waals surface area contributed by atoms with E-state index in [-0.39, 0.29) is 12.3 Å². The van der Waals surface area contributed by atoms with Gasteiger partial charge in [0.25, 0.3) is 0 Å². The number of aromatic nitrogens is 1. The van der Waals surface area contributed by atoms with Crippen molar-refractivity contribution < 1.29 is 9.90 Å². The van der Waals surface area contributed by atoms with Crippen LogP contribution < -0.4 is 0 Å². The standard InChI is InChI=1S/C20H18N2O2/c21-12-17-13-22-19-10-15(8-9-18(17)19)16(11-20(23)24)7-6-14-4-2-1-3-5-14/h1-5,8-10,13,16,22H,6-7,11H2,(H,23,24). The number of nitrogens with one attached hydrogen (secondary N) is 1. The Morgan fingerprint density at radius 1 is 1.21 bits per heavy atom. The highest BCUT2D eigenvalue weighted by Crippen LogP contribution is 2.29. The van der Waals surface area contributed by atoms with Gasteiger partial charge in [-0.05, 0) is 36.0 Å². The zero-order valence-electron chi connectivity index (χ0n) is 13.2. The molecule has 1 heterocycles. The number of aliphatic carboxylic acids is 1. The Morgan fingerprint density at radius 2 is 2.00 bits per heavy atom. The van der Waals surface area contributed by atoms with Gasteiger partial charge in [0.1, 0.15) is 6.07 Å². The van der Waals surface area contributed by atoms with Gasteiger partial charge < -0.3 is 10.1 Å². The van der Waals surface area contributed by atoms with Crippen molar-refractivity contribution in [3.05, 3.63) is 71.4 Å². The number of carboxylic acids is 1. The number of hydrogen-bond donors (Lipinski definition) is 2. The van der Waals surface area contributed by atoms with Crippen LogP contribution in [0.5, 0.6) is 0 Å². The number of aromatic amines is 1. The van der Waals surface area contributed by atoms with E-state index in [1.54, 1.807) is 6.20 Å². The molecule has 0 aliphatic carbocycles. The highest BCUT2D eigenvalue weighted by atomic mass is 16.4. The van der Waals surface area contributed by atoms with E-state index in [1.165, 1.54) is 5.56 Å².